The van der Waals surface area contributed by atoms with Crippen molar-refractivity contribution in [2.45, 2.75) is 20.0 Å². The zero-order valence-corrected chi connectivity index (χ0v) is 11.2. The Morgan fingerprint density at radius 3 is 2.53 bits per heavy atom. The maximum Gasteiger partial charge on any atom is 0.248 e. The lowest BCUT2D eigenvalue weighted by Crippen LogP contribution is -2.38. The van der Waals surface area contributed by atoms with E-state index in [9.17, 15) is 4.79 Å². The minimum absolute atomic E-state index is 0.0141. The van der Waals surface area contributed by atoms with Gasteiger partial charge in [-0.25, -0.2) is 0 Å². The first-order valence-corrected chi connectivity index (χ1v) is 6.18. The van der Waals surface area contributed by atoms with Gasteiger partial charge in [-0.3, -0.25) is 4.79 Å². The van der Waals surface area contributed by atoms with Crippen molar-refractivity contribution in [1.82, 2.24) is 4.90 Å². The molecule has 0 saturated heterocycles. The summed E-state index contributed by atoms with van der Waals surface area (Å²) >= 11 is 3.31. The molecule has 0 saturated carbocycles. The molecule has 5 heteroatoms. The number of amides is 1. The minimum Gasteiger partial charge on any atom is -0.383 e. The Morgan fingerprint density at radius 2 is 2.07 bits per heavy atom. The number of ether oxygens (including phenoxy) is 2. The maximum atomic E-state index is 11.7. The topological polar surface area (TPSA) is 38.8 Å². The lowest BCUT2D eigenvalue weighted by molar-refractivity contribution is -0.137. The molecule has 0 spiro atoms. The Hall–Kier alpha value is -0.130. The highest BCUT2D eigenvalue weighted by Crippen LogP contribution is 1.96. The van der Waals surface area contributed by atoms with Gasteiger partial charge >= 0.3 is 0 Å². The number of rotatable bonds is 8. The summed E-state index contributed by atoms with van der Waals surface area (Å²) in [7, 11) is 1.63. The lowest BCUT2D eigenvalue weighted by atomic mass is 10.4. The molecule has 0 radical (unpaired) electrons. The Bertz CT molecular complexity index is 176. The Balaban J connectivity index is 3.92. The molecule has 0 aliphatic rings. The number of carbonyl (C=O) groups excluding carboxylic acids is 1. The van der Waals surface area contributed by atoms with Crippen LogP contribution in [0.1, 0.15) is 13.8 Å². The van der Waals surface area contributed by atoms with E-state index in [0.29, 0.717) is 19.7 Å². The average Bonchev–Trinajstić information content (AvgIpc) is 2.20. The Labute approximate surface area is 100 Å². The molecule has 0 N–H and O–H groups in total. The molecule has 0 atom stereocenters. The van der Waals surface area contributed by atoms with Gasteiger partial charge in [0.25, 0.3) is 0 Å². The second-order valence-corrected chi connectivity index (χ2v) is 4.22. The number of alkyl halides is 1. The third-order valence-corrected chi connectivity index (χ3v) is 2.17. The van der Waals surface area contributed by atoms with E-state index in [1.165, 1.54) is 0 Å². The molecule has 0 heterocycles. The molecule has 4 nitrogen and oxygen atoms in total. The smallest absolute Gasteiger partial charge is 0.248 e. The number of hydrogen-bond acceptors (Lipinski definition) is 3. The first kappa shape index (κ1) is 14.9. The van der Waals surface area contributed by atoms with Crippen LogP contribution in [0.25, 0.3) is 0 Å². The summed E-state index contributed by atoms with van der Waals surface area (Å²) in [6.07, 6.45) is 0.0854. The largest absolute Gasteiger partial charge is 0.383 e. The van der Waals surface area contributed by atoms with E-state index < -0.39 is 0 Å². The average molecular weight is 282 g/mol. The highest BCUT2D eigenvalue weighted by atomic mass is 79.9. The van der Waals surface area contributed by atoms with E-state index in [0.717, 1.165) is 5.33 Å². The van der Waals surface area contributed by atoms with Gasteiger partial charge in [0.05, 0.1) is 12.7 Å². The van der Waals surface area contributed by atoms with Crippen molar-refractivity contribution in [2.24, 2.45) is 0 Å². The fourth-order valence-electron chi connectivity index (χ4n) is 0.994. The molecular weight excluding hydrogens is 262 g/mol. The van der Waals surface area contributed by atoms with Gasteiger partial charge in [-0.2, -0.15) is 0 Å². The number of carbonyl (C=O) groups is 1. The Morgan fingerprint density at radius 1 is 1.40 bits per heavy atom. The third-order valence-electron chi connectivity index (χ3n) is 1.81. The van der Waals surface area contributed by atoms with E-state index in [1.807, 2.05) is 13.8 Å². The summed E-state index contributed by atoms with van der Waals surface area (Å²) in [4.78, 5) is 13.4. The lowest BCUT2D eigenvalue weighted by Gasteiger charge is -2.21. The highest BCUT2D eigenvalue weighted by molar-refractivity contribution is 9.09. The van der Waals surface area contributed by atoms with E-state index in [-0.39, 0.29) is 18.6 Å². The summed E-state index contributed by atoms with van der Waals surface area (Å²) in [5, 5.41) is 0.768. The van der Waals surface area contributed by atoms with Gasteiger partial charge in [0.1, 0.15) is 6.61 Å². The SMILES string of the molecule is COCCN(CCBr)C(=O)COC(C)C. The van der Waals surface area contributed by atoms with Gasteiger partial charge in [0.2, 0.25) is 5.91 Å². The molecule has 90 valence electrons. The van der Waals surface area contributed by atoms with Crippen LogP contribution in [-0.4, -0.2) is 55.7 Å². The molecule has 0 unspecified atom stereocenters. The quantitative estimate of drug-likeness (QED) is 0.630. The van der Waals surface area contributed by atoms with Crippen LogP contribution in [0.3, 0.4) is 0 Å². The number of hydrogen-bond donors (Lipinski definition) is 0. The molecule has 0 aliphatic carbocycles. The van der Waals surface area contributed by atoms with E-state index >= 15 is 0 Å². The van der Waals surface area contributed by atoms with Crippen LogP contribution in [0.5, 0.6) is 0 Å². The van der Waals surface area contributed by atoms with Crippen molar-refractivity contribution in [3.05, 3.63) is 0 Å². The van der Waals surface area contributed by atoms with Crippen molar-refractivity contribution in [2.75, 3.05) is 38.7 Å². The number of nitrogens with zero attached hydrogens (tertiary/aromatic N) is 1. The monoisotopic (exact) mass is 281 g/mol. The Kier molecular flexibility index (Phi) is 9.04. The van der Waals surface area contributed by atoms with E-state index in [1.54, 1.807) is 12.0 Å². The van der Waals surface area contributed by atoms with Gasteiger partial charge in [-0.05, 0) is 13.8 Å². The van der Waals surface area contributed by atoms with Crippen LogP contribution in [0.2, 0.25) is 0 Å². The molecule has 0 bridgehead atoms. The van der Waals surface area contributed by atoms with Crippen LogP contribution < -0.4 is 0 Å². The molecule has 0 aliphatic heterocycles. The molecule has 0 fully saturated rings. The van der Waals surface area contributed by atoms with Crippen LogP contribution >= 0.6 is 15.9 Å². The third kappa shape index (κ3) is 7.76. The van der Waals surface area contributed by atoms with Gasteiger partial charge < -0.3 is 14.4 Å². The van der Waals surface area contributed by atoms with E-state index in [4.69, 9.17) is 9.47 Å². The number of methoxy groups -OCH3 is 1. The van der Waals surface area contributed by atoms with Crippen molar-refractivity contribution in [1.29, 1.82) is 0 Å². The zero-order valence-electron chi connectivity index (χ0n) is 9.66. The second kappa shape index (κ2) is 9.12. The second-order valence-electron chi connectivity index (χ2n) is 3.42. The minimum atomic E-state index is 0.0141. The summed E-state index contributed by atoms with van der Waals surface area (Å²) in [6, 6.07) is 0. The molecular formula is C10H20BrNO3. The summed E-state index contributed by atoms with van der Waals surface area (Å²) in [5.74, 6) is 0.0141. The molecule has 0 aromatic heterocycles. The molecule has 0 rings (SSSR count). The fourth-order valence-corrected chi connectivity index (χ4v) is 1.42. The zero-order chi connectivity index (χ0) is 11.7. The van der Waals surface area contributed by atoms with Crippen LogP contribution in [0.4, 0.5) is 0 Å². The highest BCUT2D eigenvalue weighted by Gasteiger charge is 2.12. The molecule has 0 aromatic carbocycles. The molecule has 15 heavy (non-hydrogen) atoms. The van der Waals surface area contributed by atoms with Crippen LogP contribution in [0, 0.1) is 0 Å². The summed E-state index contributed by atoms with van der Waals surface area (Å²) < 4.78 is 10.2. The van der Waals surface area contributed by atoms with Gasteiger partial charge in [0.15, 0.2) is 0 Å². The first-order valence-electron chi connectivity index (χ1n) is 5.06. The van der Waals surface area contributed by atoms with Crippen molar-refractivity contribution >= 4 is 21.8 Å². The van der Waals surface area contributed by atoms with Crippen molar-refractivity contribution in [3.63, 3.8) is 0 Å². The van der Waals surface area contributed by atoms with E-state index in [2.05, 4.69) is 15.9 Å². The van der Waals surface area contributed by atoms with Crippen molar-refractivity contribution < 1.29 is 14.3 Å². The predicted octanol–water partition coefficient (Wildman–Crippen LogP) is 1.28. The molecule has 0 aromatic rings. The maximum absolute atomic E-state index is 11.7. The number of halogens is 1. The normalized spacial score (nSPS) is 10.7. The van der Waals surface area contributed by atoms with Crippen molar-refractivity contribution in [3.8, 4) is 0 Å². The van der Waals surface area contributed by atoms with Gasteiger partial charge in [-0.15, -0.1) is 0 Å². The van der Waals surface area contributed by atoms with Crippen LogP contribution in [0.15, 0.2) is 0 Å². The fraction of sp³-hybridized carbons (Fsp3) is 0.900. The van der Waals surface area contributed by atoms with Gasteiger partial charge in [-0.1, -0.05) is 15.9 Å². The summed E-state index contributed by atoms with van der Waals surface area (Å²) in [6.45, 7) is 5.83. The van der Waals surface area contributed by atoms with Gasteiger partial charge in [0, 0.05) is 25.5 Å². The summed E-state index contributed by atoms with van der Waals surface area (Å²) in [5.41, 5.74) is 0. The predicted molar refractivity (Wildman–Crippen MR) is 63.3 cm³/mol. The first-order chi connectivity index (χ1) is 7.11. The molecule has 1 amide bonds. The van der Waals surface area contributed by atoms with Crippen LogP contribution in [-0.2, 0) is 14.3 Å². The standard InChI is InChI=1S/C10H20BrNO3/c1-9(2)15-8-10(13)12(5-4-11)6-7-14-3/h9H,4-8H2,1-3H3.